The summed E-state index contributed by atoms with van der Waals surface area (Å²) in [6.07, 6.45) is 0.217. The van der Waals surface area contributed by atoms with Crippen LogP contribution < -0.4 is 14.8 Å². The summed E-state index contributed by atoms with van der Waals surface area (Å²) in [5.74, 6) is 0.990. The first kappa shape index (κ1) is 18.9. The van der Waals surface area contributed by atoms with Gasteiger partial charge in [-0.25, -0.2) is 4.39 Å². The molecule has 0 aliphatic carbocycles. The smallest absolute Gasteiger partial charge is 0.224 e. The van der Waals surface area contributed by atoms with E-state index in [2.05, 4.69) is 5.32 Å². The van der Waals surface area contributed by atoms with E-state index in [0.29, 0.717) is 5.75 Å². The number of hydrogen-bond donors (Lipinski definition) is 1. The summed E-state index contributed by atoms with van der Waals surface area (Å²) < 4.78 is 23.9. The fourth-order valence-electron chi connectivity index (χ4n) is 2.60. The van der Waals surface area contributed by atoms with Gasteiger partial charge in [-0.15, -0.1) is 11.3 Å². The Labute approximate surface area is 161 Å². The molecule has 3 rings (SSSR count). The summed E-state index contributed by atoms with van der Waals surface area (Å²) in [6.45, 7) is 0.263. The number of thiophene rings is 1. The Morgan fingerprint density at radius 2 is 1.78 bits per heavy atom. The largest absolute Gasteiger partial charge is 0.497 e. The van der Waals surface area contributed by atoms with Crippen molar-refractivity contribution in [1.82, 2.24) is 5.32 Å². The van der Waals surface area contributed by atoms with Crippen LogP contribution in [0.3, 0.4) is 0 Å². The van der Waals surface area contributed by atoms with Gasteiger partial charge in [-0.1, -0.05) is 18.2 Å². The van der Waals surface area contributed by atoms with Crippen molar-refractivity contribution in [1.29, 1.82) is 0 Å². The van der Waals surface area contributed by atoms with Crippen LogP contribution in [0.2, 0.25) is 0 Å². The lowest BCUT2D eigenvalue weighted by Gasteiger charge is -2.18. The normalized spacial score (nSPS) is 11.6. The van der Waals surface area contributed by atoms with Crippen molar-refractivity contribution in [3.8, 4) is 11.5 Å². The maximum absolute atomic E-state index is 13.2. The molecule has 0 bridgehead atoms. The Kier molecular flexibility index (Phi) is 6.44. The molecule has 0 fully saturated rings. The monoisotopic (exact) mass is 385 g/mol. The number of carbonyl (C=O) groups is 1. The molecule has 27 heavy (non-hydrogen) atoms. The van der Waals surface area contributed by atoms with Crippen LogP contribution in [-0.4, -0.2) is 19.6 Å². The van der Waals surface area contributed by atoms with Gasteiger partial charge in [0, 0.05) is 4.88 Å². The van der Waals surface area contributed by atoms with Crippen LogP contribution in [0.4, 0.5) is 4.39 Å². The number of rotatable bonds is 8. The van der Waals surface area contributed by atoms with Gasteiger partial charge in [0.05, 0.1) is 26.2 Å². The molecule has 6 heteroatoms. The summed E-state index contributed by atoms with van der Waals surface area (Å²) in [5.41, 5.74) is 0.836. The zero-order chi connectivity index (χ0) is 19.1. The quantitative estimate of drug-likeness (QED) is 0.618. The second kappa shape index (κ2) is 9.19. The summed E-state index contributed by atoms with van der Waals surface area (Å²) >= 11 is 1.54. The van der Waals surface area contributed by atoms with Crippen LogP contribution in [0.15, 0.2) is 66.0 Å². The molecule has 4 nitrogen and oxygen atoms in total. The van der Waals surface area contributed by atoms with Crippen molar-refractivity contribution in [2.24, 2.45) is 0 Å². The molecule has 1 N–H and O–H groups in total. The number of hydrogen-bond acceptors (Lipinski definition) is 4. The Balaban J connectivity index is 1.58. The van der Waals surface area contributed by atoms with E-state index in [1.807, 2.05) is 17.5 Å². The lowest BCUT2D eigenvalue weighted by atomic mass is 10.1. The highest BCUT2D eigenvalue weighted by Crippen LogP contribution is 2.26. The summed E-state index contributed by atoms with van der Waals surface area (Å²) in [4.78, 5) is 13.4. The molecule has 0 saturated carbocycles. The standard InChI is InChI=1S/C21H20FNO3S/c1-25-17-8-10-18(11-9-17)26-13-12-20(24)23-21(19-3-2-14-27-19)15-4-6-16(22)7-5-15/h2-11,14,21H,12-13H2,1H3,(H,23,24)/t21-/m0/s1. The van der Waals surface area contributed by atoms with E-state index in [0.717, 1.165) is 16.2 Å². The fraction of sp³-hybridized carbons (Fsp3) is 0.190. The van der Waals surface area contributed by atoms with Crippen LogP contribution in [0, 0.1) is 5.82 Å². The van der Waals surface area contributed by atoms with Crippen molar-refractivity contribution in [3.63, 3.8) is 0 Å². The van der Waals surface area contributed by atoms with Gasteiger partial charge in [-0.05, 0) is 53.4 Å². The lowest BCUT2D eigenvalue weighted by Crippen LogP contribution is -2.29. The van der Waals surface area contributed by atoms with Crippen LogP contribution in [0.25, 0.3) is 0 Å². The second-order valence-electron chi connectivity index (χ2n) is 5.84. The Bertz CT molecular complexity index is 848. The molecule has 0 radical (unpaired) electrons. The molecule has 1 amide bonds. The number of carbonyl (C=O) groups excluding carboxylic acids is 1. The average Bonchev–Trinajstić information content (AvgIpc) is 3.22. The highest BCUT2D eigenvalue weighted by atomic mass is 32.1. The third-order valence-corrected chi connectivity index (χ3v) is 4.93. The molecule has 0 aliphatic rings. The molecule has 0 spiro atoms. The Hall–Kier alpha value is -2.86. The average molecular weight is 385 g/mol. The Morgan fingerprint density at radius 1 is 1.07 bits per heavy atom. The molecule has 0 aliphatic heterocycles. The van der Waals surface area contributed by atoms with Crippen LogP contribution in [0.5, 0.6) is 11.5 Å². The van der Waals surface area contributed by atoms with Crippen molar-refractivity contribution in [3.05, 3.63) is 82.3 Å². The SMILES string of the molecule is COc1ccc(OCCC(=O)N[C@@H](c2ccc(F)cc2)c2cccs2)cc1. The summed E-state index contributed by atoms with van der Waals surface area (Å²) in [5, 5.41) is 4.96. The second-order valence-corrected chi connectivity index (χ2v) is 6.82. The third kappa shape index (κ3) is 5.31. The third-order valence-electron chi connectivity index (χ3n) is 3.99. The van der Waals surface area contributed by atoms with E-state index in [1.54, 1.807) is 54.8 Å². The molecule has 0 saturated heterocycles. The van der Waals surface area contributed by atoms with Gasteiger partial charge in [0.25, 0.3) is 0 Å². The van der Waals surface area contributed by atoms with Gasteiger partial charge in [0.1, 0.15) is 17.3 Å². The maximum atomic E-state index is 13.2. The first-order chi connectivity index (χ1) is 13.2. The number of benzene rings is 2. The van der Waals surface area contributed by atoms with Crippen LogP contribution in [-0.2, 0) is 4.79 Å². The zero-order valence-corrected chi connectivity index (χ0v) is 15.7. The first-order valence-corrected chi connectivity index (χ1v) is 9.39. The molecule has 2 aromatic carbocycles. The fourth-order valence-corrected chi connectivity index (χ4v) is 3.40. The Morgan fingerprint density at radius 3 is 2.41 bits per heavy atom. The van der Waals surface area contributed by atoms with E-state index < -0.39 is 0 Å². The molecule has 0 unspecified atom stereocenters. The topological polar surface area (TPSA) is 47.6 Å². The van der Waals surface area contributed by atoms with E-state index in [-0.39, 0.29) is 30.8 Å². The van der Waals surface area contributed by atoms with Crippen molar-refractivity contribution in [2.45, 2.75) is 12.5 Å². The molecule has 1 heterocycles. The van der Waals surface area contributed by atoms with Gasteiger partial charge in [0.15, 0.2) is 0 Å². The predicted molar refractivity (Wildman–Crippen MR) is 104 cm³/mol. The van der Waals surface area contributed by atoms with Gasteiger partial charge in [-0.2, -0.15) is 0 Å². The lowest BCUT2D eigenvalue weighted by molar-refractivity contribution is -0.122. The molecule has 140 valence electrons. The first-order valence-electron chi connectivity index (χ1n) is 8.51. The van der Waals surface area contributed by atoms with E-state index >= 15 is 0 Å². The molecule has 1 aromatic heterocycles. The van der Waals surface area contributed by atoms with Gasteiger partial charge < -0.3 is 14.8 Å². The number of halogens is 1. The summed E-state index contributed by atoms with van der Waals surface area (Å²) in [7, 11) is 1.60. The maximum Gasteiger partial charge on any atom is 0.224 e. The molecular formula is C21H20FNO3S. The van der Waals surface area contributed by atoms with Crippen molar-refractivity contribution >= 4 is 17.2 Å². The van der Waals surface area contributed by atoms with Crippen LogP contribution >= 0.6 is 11.3 Å². The minimum absolute atomic E-state index is 0.133. The molecular weight excluding hydrogens is 365 g/mol. The van der Waals surface area contributed by atoms with Crippen molar-refractivity contribution < 1.29 is 18.7 Å². The van der Waals surface area contributed by atoms with Crippen molar-refractivity contribution in [2.75, 3.05) is 13.7 Å². The van der Waals surface area contributed by atoms with E-state index in [4.69, 9.17) is 9.47 Å². The van der Waals surface area contributed by atoms with Gasteiger partial charge in [-0.3, -0.25) is 4.79 Å². The number of nitrogens with one attached hydrogen (secondary N) is 1. The molecule has 1 atom stereocenters. The number of ether oxygens (including phenoxy) is 2. The minimum atomic E-state index is -0.306. The number of methoxy groups -OCH3 is 1. The summed E-state index contributed by atoms with van der Waals surface area (Å²) in [6, 6.07) is 16.9. The zero-order valence-electron chi connectivity index (χ0n) is 14.9. The van der Waals surface area contributed by atoms with Gasteiger partial charge in [0.2, 0.25) is 5.91 Å². The van der Waals surface area contributed by atoms with Crippen LogP contribution in [0.1, 0.15) is 22.9 Å². The van der Waals surface area contributed by atoms with E-state index in [1.165, 1.54) is 12.1 Å². The minimum Gasteiger partial charge on any atom is -0.497 e. The van der Waals surface area contributed by atoms with Gasteiger partial charge >= 0.3 is 0 Å². The predicted octanol–water partition coefficient (Wildman–Crippen LogP) is 4.57. The highest BCUT2D eigenvalue weighted by Gasteiger charge is 2.18. The van der Waals surface area contributed by atoms with E-state index in [9.17, 15) is 9.18 Å². The highest BCUT2D eigenvalue weighted by molar-refractivity contribution is 7.10. The molecule has 3 aromatic rings. The number of amides is 1.